The molecule has 29 heavy (non-hydrogen) atoms. The molecule has 0 bridgehead atoms. The van der Waals surface area contributed by atoms with E-state index >= 15 is 0 Å². The monoisotopic (exact) mass is 384 g/mol. The molecule has 0 aliphatic heterocycles. The summed E-state index contributed by atoms with van der Waals surface area (Å²) >= 11 is 0. The molecule has 4 aromatic rings. The minimum Gasteiger partial charge on any atom is -0.349 e. The lowest BCUT2D eigenvalue weighted by Crippen LogP contribution is -2.33. The molecule has 0 spiro atoms. The van der Waals surface area contributed by atoms with Crippen LogP contribution in [0.4, 0.5) is 0 Å². The Hall–Kier alpha value is -3.47. The van der Waals surface area contributed by atoms with Gasteiger partial charge in [-0.25, -0.2) is 9.50 Å². The summed E-state index contributed by atoms with van der Waals surface area (Å²) in [5.74, 6) is -0.116. The molecule has 1 atom stereocenters. The third kappa shape index (κ3) is 4.19. The Kier molecular flexibility index (Phi) is 5.38. The van der Waals surface area contributed by atoms with Gasteiger partial charge < -0.3 is 5.32 Å². The second-order valence-corrected chi connectivity index (χ2v) is 7.32. The summed E-state index contributed by atoms with van der Waals surface area (Å²) in [4.78, 5) is 17.3. The number of carbonyl (C=O) groups excluding carboxylic acids is 1. The van der Waals surface area contributed by atoms with Gasteiger partial charge in [0.25, 0.3) is 5.91 Å². The number of nitrogens with zero attached hydrogens (tertiary/aromatic N) is 3. The summed E-state index contributed by atoms with van der Waals surface area (Å²) < 4.78 is 1.74. The van der Waals surface area contributed by atoms with Crippen molar-refractivity contribution < 1.29 is 4.79 Å². The van der Waals surface area contributed by atoms with Crippen molar-refractivity contribution in [2.75, 3.05) is 0 Å². The average Bonchev–Trinajstić information content (AvgIpc) is 3.19. The summed E-state index contributed by atoms with van der Waals surface area (Å²) in [6.07, 6.45) is 3.45. The normalized spacial score (nSPS) is 12.1. The zero-order chi connectivity index (χ0) is 20.2. The Balaban J connectivity index is 1.49. The number of rotatable bonds is 6. The van der Waals surface area contributed by atoms with Gasteiger partial charge in [0.1, 0.15) is 0 Å². The molecule has 0 fully saturated rings. The van der Waals surface area contributed by atoms with E-state index in [9.17, 15) is 4.79 Å². The van der Waals surface area contributed by atoms with Gasteiger partial charge >= 0.3 is 0 Å². The maximum absolute atomic E-state index is 12.8. The smallest absolute Gasteiger partial charge is 0.254 e. The first-order valence-electron chi connectivity index (χ1n) is 9.87. The summed E-state index contributed by atoms with van der Waals surface area (Å²) in [6.45, 7) is 3.93. The number of amides is 1. The van der Waals surface area contributed by atoms with Crippen LogP contribution in [0.15, 0.2) is 72.9 Å². The zero-order valence-electron chi connectivity index (χ0n) is 16.7. The van der Waals surface area contributed by atoms with E-state index in [2.05, 4.69) is 27.5 Å². The minimum atomic E-state index is -0.116. The highest BCUT2D eigenvalue weighted by Gasteiger charge is 2.16. The molecule has 0 saturated heterocycles. The lowest BCUT2D eigenvalue weighted by Gasteiger charge is -2.15. The molecular weight excluding hydrogens is 360 g/mol. The van der Waals surface area contributed by atoms with Gasteiger partial charge in [0.05, 0.1) is 17.0 Å². The van der Waals surface area contributed by atoms with Crippen LogP contribution < -0.4 is 5.32 Å². The van der Waals surface area contributed by atoms with Crippen LogP contribution in [0.2, 0.25) is 0 Å². The number of hydrogen-bond acceptors (Lipinski definition) is 3. The van der Waals surface area contributed by atoms with Crippen LogP contribution in [0.3, 0.4) is 0 Å². The van der Waals surface area contributed by atoms with Crippen molar-refractivity contribution in [1.29, 1.82) is 0 Å². The fraction of sp³-hybridized carbons (Fsp3) is 0.208. The molecule has 4 rings (SSSR count). The van der Waals surface area contributed by atoms with E-state index in [-0.39, 0.29) is 11.9 Å². The molecule has 5 nitrogen and oxygen atoms in total. The van der Waals surface area contributed by atoms with Gasteiger partial charge in [-0.15, -0.1) is 0 Å². The quantitative estimate of drug-likeness (QED) is 0.534. The highest BCUT2D eigenvalue weighted by molar-refractivity contribution is 5.95. The third-order valence-electron chi connectivity index (χ3n) is 5.12. The Labute approximate surface area is 170 Å². The van der Waals surface area contributed by atoms with Gasteiger partial charge in [-0.3, -0.25) is 4.79 Å². The number of fused-ring (bicyclic) bond motifs is 1. The Bertz CT molecular complexity index is 1120. The van der Waals surface area contributed by atoms with Crippen LogP contribution in [0.1, 0.15) is 35.0 Å². The van der Waals surface area contributed by atoms with E-state index in [1.54, 1.807) is 10.7 Å². The van der Waals surface area contributed by atoms with Gasteiger partial charge in [0.15, 0.2) is 5.65 Å². The number of nitrogens with one attached hydrogen (secondary N) is 1. The van der Waals surface area contributed by atoms with Crippen molar-refractivity contribution >= 4 is 11.6 Å². The first-order chi connectivity index (χ1) is 14.1. The van der Waals surface area contributed by atoms with E-state index in [0.29, 0.717) is 5.56 Å². The van der Waals surface area contributed by atoms with Crippen molar-refractivity contribution in [2.45, 2.75) is 32.7 Å². The molecule has 1 unspecified atom stereocenters. The lowest BCUT2D eigenvalue weighted by atomic mass is 10.1. The standard InChI is InChI=1S/C24H24N4O/c1-17(13-14-19-9-5-3-6-10-19)26-24(29)21-16-25-23-15-22(27-28(23)18(21)2)20-11-7-4-8-12-20/h3-12,15-17H,13-14H2,1-2H3,(H,26,29). The zero-order valence-corrected chi connectivity index (χ0v) is 16.7. The molecule has 0 saturated carbocycles. The van der Waals surface area contributed by atoms with Crippen LogP contribution >= 0.6 is 0 Å². The summed E-state index contributed by atoms with van der Waals surface area (Å²) in [5.41, 5.74) is 5.21. The molecule has 5 heteroatoms. The molecule has 0 aliphatic rings. The van der Waals surface area contributed by atoms with E-state index in [4.69, 9.17) is 0 Å². The van der Waals surface area contributed by atoms with E-state index < -0.39 is 0 Å². The fourth-order valence-electron chi connectivity index (χ4n) is 3.42. The first kappa shape index (κ1) is 18.9. The molecule has 1 N–H and O–H groups in total. The number of carbonyl (C=O) groups is 1. The van der Waals surface area contributed by atoms with Crippen LogP contribution in [-0.2, 0) is 6.42 Å². The maximum Gasteiger partial charge on any atom is 0.254 e. The molecule has 1 amide bonds. The first-order valence-corrected chi connectivity index (χ1v) is 9.87. The third-order valence-corrected chi connectivity index (χ3v) is 5.12. The highest BCUT2D eigenvalue weighted by Crippen LogP contribution is 2.20. The Morgan fingerprint density at radius 2 is 1.76 bits per heavy atom. The largest absolute Gasteiger partial charge is 0.349 e. The predicted octanol–water partition coefficient (Wildman–Crippen LogP) is 4.46. The maximum atomic E-state index is 12.8. The SMILES string of the molecule is Cc1c(C(=O)NC(C)CCc2ccccc2)cnc2cc(-c3ccccc3)nn12. The van der Waals surface area contributed by atoms with Gasteiger partial charge in [-0.2, -0.15) is 5.10 Å². The van der Waals surface area contributed by atoms with E-state index in [1.165, 1.54) is 5.56 Å². The van der Waals surface area contributed by atoms with Crippen molar-refractivity contribution in [3.8, 4) is 11.3 Å². The number of benzene rings is 2. The van der Waals surface area contributed by atoms with Gasteiger partial charge in [0.2, 0.25) is 0 Å². The summed E-state index contributed by atoms with van der Waals surface area (Å²) in [5, 5.41) is 7.75. The van der Waals surface area contributed by atoms with Crippen LogP contribution in [0.5, 0.6) is 0 Å². The van der Waals surface area contributed by atoms with Crippen molar-refractivity contribution in [3.05, 3.63) is 89.7 Å². The number of hydrogen-bond donors (Lipinski definition) is 1. The molecule has 2 aromatic heterocycles. The molecule has 2 aromatic carbocycles. The van der Waals surface area contributed by atoms with Crippen molar-refractivity contribution in [2.24, 2.45) is 0 Å². The second kappa shape index (κ2) is 8.27. The van der Waals surface area contributed by atoms with E-state index in [0.717, 1.165) is 35.4 Å². The molecule has 0 radical (unpaired) electrons. The Morgan fingerprint density at radius 1 is 1.07 bits per heavy atom. The fourth-order valence-corrected chi connectivity index (χ4v) is 3.42. The number of aromatic nitrogens is 3. The van der Waals surface area contributed by atoms with Crippen LogP contribution in [-0.4, -0.2) is 26.5 Å². The molecular formula is C24H24N4O. The number of aryl methyl sites for hydroxylation is 2. The Morgan fingerprint density at radius 3 is 2.48 bits per heavy atom. The summed E-state index contributed by atoms with van der Waals surface area (Å²) in [7, 11) is 0. The average molecular weight is 384 g/mol. The molecule has 146 valence electrons. The predicted molar refractivity (Wildman–Crippen MR) is 115 cm³/mol. The highest BCUT2D eigenvalue weighted by atomic mass is 16.1. The van der Waals surface area contributed by atoms with Crippen LogP contribution in [0, 0.1) is 6.92 Å². The van der Waals surface area contributed by atoms with Gasteiger partial charge in [-0.05, 0) is 32.3 Å². The topological polar surface area (TPSA) is 59.3 Å². The van der Waals surface area contributed by atoms with Crippen molar-refractivity contribution in [3.63, 3.8) is 0 Å². The summed E-state index contributed by atoms with van der Waals surface area (Å²) in [6, 6.07) is 22.3. The van der Waals surface area contributed by atoms with Gasteiger partial charge in [-0.1, -0.05) is 60.7 Å². The molecule has 2 heterocycles. The van der Waals surface area contributed by atoms with Crippen molar-refractivity contribution in [1.82, 2.24) is 19.9 Å². The minimum absolute atomic E-state index is 0.0651. The second-order valence-electron chi connectivity index (χ2n) is 7.32. The van der Waals surface area contributed by atoms with E-state index in [1.807, 2.05) is 68.4 Å². The lowest BCUT2D eigenvalue weighted by molar-refractivity contribution is 0.0936. The van der Waals surface area contributed by atoms with Gasteiger partial charge in [0, 0.05) is 23.9 Å². The van der Waals surface area contributed by atoms with Crippen LogP contribution in [0.25, 0.3) is 16.9 Å². The molecule has 0 aliphatic carbocycles.